The number of fused-ring (bicyclic) bond motifs is 1. The second kappa shape index (κ2) is 5.87. The molecule has 0 spiro atoms. The van der Waals surface area contributed by atoms with Crippen LogP contribution in [0, 0.1) is 6.92 Å². The first kappa shape index (κ1) is 15.3. The third-order valence-corrected chi connectivity index (χ3v) is 3.48. The zero-order chi connectivity index (χ0) is 16.4. The van der Waals surface area contributed by atoms with Gasteiger partial charge in [0.05, 0.1) is 5.69 Å². The van der Waals surface area contributed by atoms with Gasteiger partial charge in [-0.3, -0.25) is 4.79 Å². The summed E-state index contributed by atoms with van der Waals surface area (Å²) >= 11 is 0. The maximum absolute atomic E-state index is 12.0. The molecule has 23 heavy (non-hydrogen) atoms. The molecule has 0 saturated carbocycles. The van der Waals surface area contributed by atoms with Crippen LogP contribution in [0.15, 0.2) is 30.3 Å². The number of carbonyl (C=O) groups is 1. The Morgan fingerprint density at radius 1 is 1.30 bits per heavy atom. The lowest BCUT2D eigenvalue weighted by atomic mass is 10.0. The summed E-state index contributed by atoms with van der Waals surface area (Å²) < 4.78 is 11.5. The summed E-state index contributed by atoms with van der Waals surface area (Å²) in [6.45, 7) is 5.77. The molecular formula is C17H19N3O3. The first-order chi connectivity index (χ1) is 10.9. The largest absolute Gasteiger partial charge is 0.483 e. The molecule has 6 heteroatoms. The van der Waals surface area contributed by atoms with E-state index >= 15 is 0 Å². The van der Waals surface area contributed by atoms with Gasteiger partial charge in [-0.05, 0) is 39.0 Å². The molecule has 0 atom stereocenters. The van der Waals surface area contributed by atoms with E-state index in [0.29, 0.717) is 11.6 Å². The van der Waals surface area contributed by atoms with Gasteiger partial charge in [0.1, 0.15) is 5.60 Å². The maximum atomic E-state index is 12.0. The van der Waals surface area contributed by atoms with Gasteiger partial charge in [0.15, 0.2) is 23.9 Å². The number of carbonyl (C=O) groups excluding carboxylic acids is 1. The summed E-state index contributed by atoms with van der Waals surface area (Å²) in [6, 6.07) is 9.20. The standard InChI is InChI=1S/C17H19N3O3/c1-11-7-8-14(20-19-11)18-15(21)10-22-13-6-4-5-12-9-17(2,3)23-16(12)13/h4-8H,9-10H2,1-3H3,(H,18,20,21). The van der Waals surface area contributed by atoms with Crippen molar-refractivity contribution < 1.29 is 14.3 Å². The maximum Gasteiger partial charge on any atom is 0.263 e. The molecule has 1 N–H and O–H groups in total. The van der Waals surface area contributed by atoms with Gasteiger partial charge in [0.2, 0.25) is 0 Å². The summed E-state index contributed by atoms with van der Waals surface area (Å²) in [4.78, 5) is 12.0. The second-order valence-electron chi connectivity index (χ2n) is 6.18. The van der Waals surface area contributed by atoms with E-state index in [1.807, 2.05) is 32.9 Å². The Morgan fingerprint density at radius 2 is 2.13 bits per heavy atom. The number of rotatable bonds is 4. The highest BCUT2D eigenvalue weighted by Gasteiger charge is 2.32. The lowest BCUT2D eigenvalue weighted by molar-refractivity contribution is -0.118. The monoisotopic (exact) mass is 313 g/mol. The van der Waals surface area contributed by atoms with Gasteiger partial charge in [-0.25, -0.2) is 0 Å². The van der Waals surface area contributed by atoms with Crippen LogP contribution in [0.1, 0.15) is 25.1 Å². The van der Waals surface area contributed by atoms with Crippen molar-refractivity contribution in [3.05, 3.63) is 41.6 Å². The summed E-state index contributed by atoms with van der Waals surface area (Å²) in [5.41, 5.74) is 1.64. The van der Waals surface area contributed by atoms with Gasteiger partial charge in [-0.1, -0.05) is 12.1 Å². The Labute approximate surface area is 134 Å². The number of aryl methyl sites for hydroxylation is 1. The first-order valence-electron chi connectivity index (χ1n) is 7.47. The lowest BCUT2D eigenvalue weighted by Crippen LogP contribution is -2.25. The highest BCUT2D eigenvalue weighted by Crippen LogP contribution is 2.41. The molecule has 1 aliphatic rings. The van der Waals surface area contributed by atoms with Crippen LogP contribution in [0.2, 0.25) is 0 Å². The fraction of sp³-hybridized carbons (Fsp3) is 0.353. The molecular weight excluding hydrogens is 294 g/mol. The Bertz CT molecular complexity index is 726. The van der Waals surface area contributed by atoms with E-state index in [0.717, 1.165) is 23.4 Å². The number of para-hydroxylation sites is 1. The van der Waals surface area contributed by atoms with Crippen molar-refractivity contribution in [3.63, 3.8) is 0 Å². The number of aromatic nitrogens is 2. The van der Waals surface area contributed by atoms with E-state index < -0.39 is 0 Å². The number of nitrogens with zero attached hydrogens (tertiary/aromatic N) is 2. The van der Waals surface area contributed by atoms with Crippen molar-refractivity contribution in [2.45, 2.75) is 32.8 Å². The second-order valence-corrected chi connectivity index (χ2v) is 6.18. The normalized spacial score (nSPS) is 14.7. The van der Waals surface area contributed by atoms with Gasteiger partial charge in [-0.15, -0.1) is 5.10 Å². The van der Waals surface area contributed by atoms with Crippen LogP contribution in [0.4, 0.5) is 5.82 Å². The van der Waals surface area contributed by atoms with Crippen LogP contribution in [0.25, 0.3) is 0 Å². The van der Waals surface area contributed by atoms with Crippen LogP contribution in [0.3, 0.4) is 0 Å². The van der Waals surface area contributed by atoms with Crippen molar-refractivity contribution in [2.75, 3.05) is 11.9 Å². The van der Waals surface area contributed by atoms with Crippen LogP contribution in [0.5, 0.6) is 11.5 Å². The number of amides is 1. The number of hydrogen-bond donors (Lipinski definition) is 1. The molecule has 0 aliphatic carbocycles. The molecule has 1 aromatic carbocycles. The van der Waals surface area contributed by atoms with E-state index in [1.165, 1.54) is 0 Å². The summed E-state index contributed by atoms with van der Waals surface area (Å²) in [5, 5.41) is 10.4. The minimum atomic E-state index is -0.294. The lowest BCUT2D eigenvalue weighted by Gasteiger charge is -2.18. The van der Waals surface area contributed by atoms with E-state index in [-0.39, 0.29) is 18.1 Å². The Morgan fingerprint density at radius 3 is 2.87 bits per heavy atom. The Hall–Kier alpha value is -2.63. The number of hydrogen-bond acceptors (Lipinski definition) is 5. The molecule has 2 aromatic rings. The smallest absolute Gasteiger partial charge is 0.263 e. The molecule has 0 unspecified atom stereocenters. The topological polar surface area (TPSA) is 73.3 Å². The summed E-state index contributed by atoms with van der Waals surface area (Å²) in [5.74, 6) is 1.41. The molecule has 2 heterocycles. The molecule has 0 saturated heterocycles. The summed E-state index contributed by atoms with van der Waals surface area (Å²) in [7, 11) is 0. The minimum absolute atomic E-state index is 0.115. The third-order valence-electron chi connectivity index (χ3n) is 3.48. The van der Waals surface area contributed by atoms with E-state index in [2.05, 4.69) is 15.5 Å². The van der Waals surface area contributed by atoms with Gasteiger partial charge >= 0.3 is 0 Å². The molecule has 0 radical (unpaired) electrons. The van der Waals surface area contributed by atoms with Crippen LogP contribution < -0.4 is 14.8 Å². The molecule has 0 fully saturated rings. The quantitative estimate of drug-likeness (QED) is 0.939. The van der Waals surface area contributed by atoms with Crippen molar-refractivity contribution in [1.82, 2.24) is 10.2 Å². The van der Waals surface area contributed by atoms with Crippen molar-refractivity contribution >= 4 is 11.7 Å². The van der Waals surface area contributed by atoms with Gasteiger partial charge in [-0.2, -0.15) is 5.10 Å². The molecule has 3 rings (SSSR count). The molecule has 6 nitrogen and oxygen atoms in total. The zero-order valence-corrected chi connectivity index (χ0v) is 13.4. The van der Waals surface area contributed by atoms with Crippen LogP contribution >= 0.6 is 0 Å². The number of ether oxygens (including phenoxy) is 2. The zero-order valence-electron chi connectivity index (χ0n) is 13.4. The van der Waals surface area contributed by atoms with Gasteiger partial charge in [0.25, 0.3) is 5.91 Å². The number of benzene rings is 1. The molecule has 1 amide bonds. The molecule has 1 aliphatic heterocycles. The predicted octanol–water partition coefficient (Wildman–Crippen LogP) is 2.52. The highest BCUT2D eigenvalue weighted by atomic mass is 16.5. The van der Waals surface area contributed by atoms with Crippen LogP contribution in [-0.4, -0.2) is 28.3 Å². The van der Waals surface area contributed by atoms with Crippen molar-refractivity contribution in [3.8, 4) is 11.5 Å². The van der Waals surface area contributed by atoms with Gasteiger partial charge in [0, 0.05) is 12.0 Å². The number of anilines is 1. The average Bonchev–Trinajstić information content (AvgIpc) is 2.82. The van der Waals surface area contributed by atoms with Gasteiger partial charge < -0.3 is 14.8 Å². The van der Waals surface area contributed by atoms with E-state index in [9.17, 15) is 4.79 Å². The molecule has 1 aromatic heterocycles. The highest BCUT2D eigenvalue weighted by molar-refractivity contribution is 5.90. The Balaban J connectivity index is 1.62. The third kappa shape index (κ3) is 3.59. The van der Waals surface area contributed by atoms with Crippen molar-refractivity contribution in [2.24, 2.45) is 0 Å². The fourth-order valence-corrected chi connectivity index (χ4v) is 2.49. The number of nitrogens with one attached hydrogen (secondary N) is 1. The average molecular weight is 313 g/mol. The van der Waals surface area contributed by atoms with Crippen molar-refractivity contribution in [1.29, 1.82) is 0 Å². The summed E-state index contributed by atoms with van der Waals surface area (Å²) in [6.07, 6.45) is 0.824. The SMILES string of the molecule is Cc1ccc(NC(=O)COc2cccc3c2OC(C)(C)C3)nn1. The molecule has 0 bridgehead atoms. The van der Waals surface area contributed by atoms with E-state index in [1.54, 1.807) is 18.2 Å². The molecule has 120 valence electrons. The predicted molar refractivity (Wildman–Crippen MR) is 85.7 cm³/mol. The Kier molecular flexibility index (Phi) is 3.90. The fourth-order valence-electron chi connectivity index (χ4n) is 2.49. The van der Waals surface area contributed by atoms with Crippen LogP contribution in [-0.2, 0) is 11.2 Å². The van der Waals surface area contributed by atoms with E-state index in [4.69, 9.17) is 9.47 Å². The first-order valence-corrected chi connectivity index (χ1v) is 7.47. The minimum Gasteiger partial charge on any atom is -0.483 e.